The molecule has 0 radical (unpaired) electrons. The van der Waals surface area contributed by atoms with Crippen molar-refractivity contribution in [3.63, 3.8) is 0 Å². The average molecular weight is 234 g/mol. The maximum atomic E-state index is 5.77. The highest BCUT2D eigenvalue weighted by Gasteiger charge is 2.44. The predicted molar refractivity (Wildman–Crippen MR) is 58.3 cm³/mol. The largest absolute Gasteiger partial charge is 0.382 e. The molecule has 1 fully saturated rings. The van der Waals surface area contributed by atoms with Gasteiger partial charge in [-0.25, -0.2) is 0 Å². The van der Waals surface area contributed by atoms with Crippen LogP contribution < -0.4 is 0 Å². The minimum atomic E-state index is -0.411. The molecule has 1 rings (SSSR count). The lowest BCUT2D eigenvalue weighted by molar-refractivity contribution is -0.290. The lowest BCUT2D eigenvalue weighted by atomic mass is 9.90. The molecule has 0 aromatic heterocycles. The first-order chi connectivity index (χ1) is 7.69. The fourth-order valence-corrected chi connectivity index (χ4v) is 2.18. The standard InChI is InChI=1S/C11H22O5/c1-7-8(6-12-2)16-11(15-5)10(14-4)9(7)13-3/h7-11H,6H2,1-5H3. The summed E-state index contributed by atoms with van der Waals surface area (Å²) in [5.41, 5.74) is 0. The van der Waals surface area contributed by atoms with E-state index in [0.29, 0.717) is 6.61 Å². The molecular weight excluding hydrogens is 212 g/mol. The van der Waals surface area contributed by atoms with Crippen LogP contribution in [0.4, 0.5) is 0 Å². The van der Waals surface area contributed by atoms with Crippen LogP contribution in [0.1, 0.15) is 6.92 Å². The summed E-state index contributed by atoms with van der Waals surface area (Å²) in [7, 11) is 6.57. The Morgan fingerprint density at radius 3 is 2.00 bits per heavy atom. The minimum absolute atomic E-state index is 0.0358. The van der Waals surface area contributed by atoms with E-state index in [1.54, 1.807) is 28.4 Å². The van der Waals surface area contributed by atoms with Crippen molar-refractivity contribution in [2.45, 2.75) is 31.5 Å². The Balaban J connectivity index is 2.76. The van der Waals surface area contributed by atoms with Crippen molar-refractivity contribution in [1.29, 1.82) is 0 Å². The molecule has 96 valence electrons. The maximum Gasteiger partial charge on any atom is 0.186 e. The van der Waals surface area contributed by atoms with E-state index in [4.69, 9.17) is 23.7 Å². The summed E-state index contributed by atoms with van der Waals surface area (Å²) in [6, 6.07) is 0. The van der Waals surface area contributed by atoms with Crippen LogP contribution in [0.25, 0.3) is 0 Å². The van der Waals surface area contributed by atoms with E-state index in [0.717, 1.165) is 0 Å². The molecule has 16 heavy (non-hydrogen) atoms. The molecular formula is C11H22O5. The fourth-order valence-electron chi connectivity index (χ4n) is 2.18. The summed E-state index contributed by atoms with van der Waals surface area (Å²) in [5.74, 6) is 0.196. The molecule has 0 aromatic carbocycles. The van der Waals surface area contributed by atoms with Crippen LogP contribution in [0.3, 0.4) is 0 Å². The summed E-state index contributed by atoms with van der Waals surface area (Å²) in [6.45, 7) is 2.59. The number of hydrogen-bond acceptors (Lipinski definition) is 5. The van der Waals surface area contributed by atoms with Crippen LogP contribution in [0.5, 0.6) is 0 Å². The van der Waals surface area contributed by atoms with Gasteiger partial charge in [-0.05, 0) is 0 Å². The van der Waals surface area contributed by atoms with Gasteiger partial charge < -0.3 is 23.7 Å². The molecule has 0 N–H and O–H groups in total. The molecule has 0 aliphatic carbocycles. The summed E-state index contributed by atoms with van der Waals surface area (Å²) in [6.07, 6.45) is -0.709. The van der Waals surface area contributed by atoms with Crippen molar-refractivity contribution >= 4 is 0 Å². The molecule has 1 aliphatic heterocycles. The van der Waals surface area contributed by atoms with E-state index in [9.17, 15) is 0 Å². The lowest BCUT2D eigenvalue weighted by Gasteiger charge is -2.43. The monoisotopic (exact) mass is 234 g/mol. The van der Waals surface area contributed by atoms with Gasteiger partial charge >= 0.3 is 0 Å². The van der Waals surface area contributed by atoms with Crippen molar-refractivity contribution in [1.82, 2.24) is 0 Å². The zero-order valence-electron chi connectivity index (χ0n) is 10.6. The molecule has 5 nitrogen and oxygen atoms in total. The molecule has 1 aliphatic rings. The van der Waals surface area contributed by atoms with Gasteiger partial charge in [-0.1, -0.05) is 6.92 Å². The number of hydrogen-bond donors (Lipinski definition) is 0. The Morgan fingerprint density at radius 1 is 0.938 bits per heavy atom. The van der Waals surface area contributed by atoms with Crippen LogP contribution >= 0.6 is 0 Å². The first-order valence-electron chi connectivity index (χ1n) is 5.42. The van der Waals surface area contributed by atoms with E-state index in [1.807, 2.05) is 0 Å². The maximum absolute atomic E-state index is 5.77. The van der Waals surface area contributed by atoms with Gasteiger partial charge in [0.2, 0.25) is 0 Å². The van der Waals surface area contributed by atoms with Gasteiger partial charge in [-0.15, -0.1) is 0 Å². The van der Waals surface area contributed by atoms with Gasteiger partial charge in [-0.3, -0.25) is 0 Å². The summed E-state index contributed by atoms with van der Waals surface area (Å²) >= 11 is 0. The summed E-state index contributed by atoms with van der Waals surface area (Å²) in [5, 5.41) is 0. The molecule has 0 aromatic rings. The molecule has 5 atom stereocenters. The third-order valence-corrected chi connectivity index (χ3v) is 3.11. The summed E-state index contributed by atoms with van der Waals surface area (Å²) < 4.78 is 27.0. The van der Waals surface area contributed by atoms with Crippen LogP contribution in [-0.2, 0) is 23.7 Å². The average Bonchev–Trinajstić information content (AvgIpc) is 2.31. The highest BCUT2D eigenvalue weighted by Crippen LogP contribution is 2.29. The van der Waals surface area contributed by atoms with Crippen molar-refractivity contribution in [2.24, 2.45) is 5.92 Å². The Labute approximate surface area is 97.0 Å². The lowest BCUT2D eigenvalue weighted by Crippen LogP contribution is -2.56. The van der Waals surface area contributed by atoms with Crippen LogP contribution in [0.2, 0.25) is 0 Å². The molecule has 0 amide bonds. The van der Waals surface area contributed by atoms with Crippen molar-refractivity contribution in [3.8, 4) is 0 Å². The van der Waals surface area contributed by atoms with Crippen LogP contribution in [0.15, 0.2) is 0 Å². The van der Waals surface area contributed by atoms with Crippen LogP contribution in [0, 0.1) is 5.92 Å². The van der Waals surface area contributed by atoms with E-state index >= 15 is 0 Å². The molecule has 0 spiro atoms. The predicted octanol–water partition coefficient (Wildman–Crippen LogP) is 0.670. The Morgan fingerprint density at radius 2 is 1.56 bits per heavy atom. The van der Waals surface area contributed by atoms with E-state index in [2.05, 4.69) is 6.92 Å². The number of rotatable bonds is 5. The van der Waals surface area contributed by atoms with Crippen molar-refractivity contribution < 1.29 is 23.7 Å². The highest BCUT2D eigenvalue weighted by atomic mass is 16.7. The number of ether oxygens (including phenoxy) is 5. The van der Waals surface area contributed by atoms with Gasteiger partial charge in [-0.2, -0.15) is 0 Å². The van der Waals surface area contributed by atoms with Gasteiger partial charge in [0, 0.05) is 34.4 Å². The zero-order valence-corrected chi connectivity index (χ0v) is 10.6. The Bertz CT molecular complexity index is 199. The number of methoxy groups -OCH3 is 4. The third kappa shape index (κ3) is 2.73. The van der Waals surface area contributed by atoms with Gasteiger partial charge in [0.15, 0.2) is 6.29 Å². The summed E-state index contributed by atoms with van der Waals surface area (Å²) in [4.78, 5) is 0. The topological polar surface area (TPSA) is 46.2 Å². The van der Waals surface area contributed by atoms with Gasteiger partial charge in [0.25, 0.3) is 0 Å². The third-order valence-electron chi connectivity index (χ3n) is 3.11. The first kappa shape index (κ1) is 13.9. The minimum Gasteiger partial charge on any atom is -0.382 e. The van der Waals surface area contributed by atoms with Gasteiger partial charge in [0.1, 0.15) is 6.10 Å². The van der Waals surface area contributed by atoms with E-state index in [-0.39, 0.29) is 24.2 Å². The Hall–Kier alpha value is -0.200. The second kappa shape index (κ2) is 6.51. The normalized spacial score (nSPS) is 39.9. The second-order valence-electron chi connectivity index (χ2n) is 3.99. The second-order valence-corrected chi connectivity index (χ2v) is 3.99. The first-order valence-corrected chi connectivity index (χ1v) is 5.42. The quantitative estimate of drug-likeness (QED) is 0.699. The van der Waals surface area contributed by atoms with Crippen molar-refractivity contribution in [2.75, 3.05) is 35.0 Å². The smallest absolute Gasteiger partial charge is 0.186 e. The molecule has 1 saturated heterocycles. The van der Waals surface area contributed by atoms with E-state index < -0.39 is 6.29 Å². The molecule has 0 bridgehead atoms. The van der Waals surface area contributed by atoms with E-state index in [1.165, 1.54) is 0 Å². The fraction of sp³-hybridized carbons (Fsp3) is 1.00. The van der Waals surface area contributed by atoms with Gasteiger partial charge in [0.05, 0.1) is 18.8 Å². The SMILES string of the molecule is COCC1OC(OC)C(OC)C(OC)C1C. The zero-order chi connectivity index (χ0) is 12.1. The molecule has 5 unspecified atom stereocenters. The molecule has 0 saturated carbocycles. The molecule has 5 heteroatoms. The highest BCUT2D eigenvalue weighted by molar-refractivity contribution is 4.88. The Kier molecular flexibility index (Phi) is 5.64. The molecule has 1 heterocycles. The van der Waals surface area contributed by atoms with Crippen molar-refractivity contribution in [3.05, 3.63) is 0 Å². The van der Waals surface area contributed by atoms with Crippen LogP contribution in [-0.4, -0.2) is 59.6 Å².